The number of benzene rings is 1. The molecule has 14 heteroatoms. The molecule has 1 aromatic carbocycles. The number of fused-ring (bicyclic) bond motifs is 1. The highest BCUT2D eigenvalue weighted by Gasteiger charge is 2.70. The Hall–Kier alpha value is -2.93. The quantitative estimate of drug-likeness (QED) is 0.156. The summed E-state index contributed by atoms with van der Waals surface area (Å²) in [6.07, 6.45) is -1.28. The van der Waals surface area contributed by atoms with E-state index in [4.69, 9.17) is 16.3 Å². The number of anilines is 1. The summed E-state index contributed by atoms with van der Waals surface area (Å²) < 4.78 is 28.4. The zero-order valence-corrected chi connectivity index (χ0v) is 17.7. The molecule has 0 bridgehead atoms. The van der Waals surface area contributed by atoms with Gasteiger partial charge in [0.2, 0.25) is 5.91 Å². The van der Waals surface area contributed by atoms with Crippen molar-refractivity contribution >= 4 is 45.1 Å². The van der Waals surface area contributed by atoms with E-state index in [1.807, 2.05) is 0 Å². The Kier molecular flexibility index (Phi) is 5.84. The molecule has 31 heavy (non-hydrogen) atoms. The van der Waals surface area contributed by atoms with Crippen LogP contribution < -0.4 is 10.6 Å². The maximum absolute atomic E-state index is 12.7. The average Bonchev–Trinajstić information content (AvgIpc) is 2.84. The van der Waals surface area contributed by atoms with Gasteiger partial charge in [-0.05, 0) is 19.1 Å². The van der Waals surface area contributed by atoms with E-state index in [-0.39, 0.29) is 24.5 Å². The van der Waals surface area contributed by atoms with Crippen LogP contribution in [-0.4, -0.2) is 82.5 Å². The minimum absolute atomic E-state index is 0.00978. The fourth-order valence-corrected chi connectivity index (χ4v) is 6.08. The highest BCUT2D eigenvalue weighted by Crippen LogP contribution is 2.46. The average molecular weight is 478 g/mol. The SMILES string of the molecule is C[C@]1(COC(=O)NCCNc2ccc(O)c(O)c2Cl)[C@H](C(=O)O)N2C(=O)C[C@H]2S1(=O)=O. The number of sulfone groups is 1. The van der Waals surface area contributed by atoms with Crippen LogP contribution in [0.1, 0.15) is 13.3 Å². The van der Waals surface area contributed by atoms with Crippen molar-refractivity contribution in [3.05, 3.63) is 17.2 Å². The number of carboxylic acid groups (broad SMARTS) is 1. The number of nitrogens with zero attached hydrogens (tertiary/aromatic N) is 1. The first-order valence-electron chi connectivity index (χ1n) is 9.04. The third-order valence-electron chi connectivity index (χ3n) is 5.34. The van der Waals surface area contributed by atoms with Gasteiger partial charge in [-0.15, -0.1) is 0 Å². The largest absolute Gasteiger partial charge is 0.504 e. The van der Waals surface area contributed by atoms with Crippen molar-refractivity contribution in [2.24, 2.45) is 0 Å². The molecule has 0 unspecified atom stereocenters. The predicted octanol–water partition coefficient (Wildman–Crippen LogP) is 0.0880. The van der Waals surface area contributed by atoms with E-state index in [2.05, 4.69) is 10.6 Å². The van der Waals surface area contributed by atoms with Crippen molar-refractivity contribution in [2.45, 2.75) is 29.5 Å². The summed E-state index contributed by atoms with van der Waals surface area (Å²) in [5.41, 5.74) is 0.301. The summed E-state index contributed by atoms with van der Waals surface area (Å²) in [7, 11) is -4.08. The minimum atomic E-state index is -4.08. The molecule has 2 heterocycles. The molecule has 0 aliphatic carbocycles. The van der Waals surface area contributed by atoms with Gasteiger partial charge in [-0.2, -0.15) is 0 Å². The number of alkyl carbamates (subject to hydrolysis) is 1. The van der Waals surface area contributed by atoms with Crippen LogP contribution in [0.2, 0.25) is 5.02 Å². The first kappa shape index (κ1) is 22.7. The summed E-state index contributed by atoms with van der Waals surface area (Å²) in [5.74, 6) is -2.97. The van der Waals surface area contributed by atoms with Crippen molar-refractivity contribution in [3.63, 3.8) is 0 Å². The number of aliphatic carboxylic acids is 1. The second-order valence-electron chi connectivity index (χ2n) is 7.28. The van der Waals surface area contributed by atoms with Crippen LogP contribution in [0.3, 0.4) is 0 Å². The number of hydrogen-bond acceptors (Lipinski definition) is 9. The molecule has 0 radical (unpaired) electrons. The molecule has 12 nitrogen and oxygen atoms in total. The van der Waals surface area contributed by atoms with Crippen molar-refractivity contribution in [1.29, 1.82) is 0 Å². The third-order valence-corrected chi connectivity index (χ3v) is 8.47. The zero-order valence-electron chi connectivity index (χ0n) is 16.2. The zero-order chi connectivity index (χ0) is 23.1. The van der Waals surface area contributed by atoms with Crippen LogP contribution in [0, 0.1) is 0 Å². The van der Waals surface area contributed by atoms with Crippen molar-refractivity contribution in [2.75, 3.05) is 25.0 Å². The number of ether oxygens (including phenoxy) is 1. The Labute approximate surface area is 181 Å². The summed E-state index contributed by atoms with van der Waals surface area (Å²) >= 11 is 5.87. The van der Waals surface area contributed by atoms with Crippen LogP contribution in [0.5, 0.6) is 11.5 Å². The minimum Gasteiger partial charge on any atom is -0.504 e. The molecule has 0 saturated carbocycles. The predicted molar refractivity (Wildman–Crippen MR) is 107 cm³/mol. The number of aromatic hydroxyl groups is 2. The fourth-order valence-electron chi connectivity index (χ4n) is 3.59. The molecule has 0 aromatic heterocycles. The monoisotopic (exact) mass is 477 g/mol. The number of nitrogens with one attached hydrogen (secondary N) is 2. The molecule has 170 valence electrons. The van der Waals surface area contributed by atoms with Gasteiger partial charge in [-0.1, -0.05) is 11.6 Å². The van der Waals surface area contributed by atoms with Gasteiger partial charge in [-0.3, -0.25) is 4.79 Å². The molecule has 3 atom stereocenters. The van der Waals surface area contributed by atoms with Crippen LogP contribution >= 0.6 is 11.6 Å². The summed E-state index contributed by atoms with van der Waals surface area (Å²) in [4.78, 5) is 36.1. The normalized spacial score (nSPS) is 26.0. The molecule has 2 saturated heterocycles. The Bertz CT molecular complexity index is 1050. The third kappa shape index (κ3) is 3.67. The van der Waals surface area contributed by atoms with Crippen LogP contribution in [0.25, 0.3) is 0 Å². The van der Waals surface area contributed by atoms with E-state index in [0.717, 1.165) is 11.8 Å². The molecule has 3 rings (SSSR count). The maximum atomic E-state index is 12.7. The van der Waals surface area contributed by atoms with Gasteiger partial charge in [0, 0.05) is 13.1 Å². The Morgan fingerprint density at radius 3 is 2.61 bits per heavy atom. The fraction of sp³-hybridized carbons (Fsp3) is 0.471. The highest BCUT2D eigenvalue weighted by atomic mass is 35.5. The number of β-lactam (4-membered cyclic amide) rings is 1. The number of carboxylic acids is 1. The van der Waals surface area contributed by atoms with E-state index in [9.17, 15) is 38.1 Å². The van der Waals surface area contributed by atoms with Crippen molar-refractivity contribution in [1.82, 2.24) is 10.2 Å². The summed E-state index contributed by atoms with van der Waals surface area (Å²) in [6.45, 7) is 0.539. The molecule has 2 aliphatic heterocycles. The van der Waals surface area contributed by atoms with Gasteiger partial charge in [0.15, 0.2) is 27.4 Å². The van der Waals surface area contributed by atoms with E-state index < -0.39 is 62.1 Å². The second kappa shape index (κ2) is 7.96. The second-order valence-corrected chi connectivity index (χ2v) is 10.2. The van der Waals surface area contributed by atoms with E-state index in [1.165, 1.54) is 12.1 Å². The number of carbonyl (C=O) groups excluding carboxylic acids is 2. The van der Waals surface area contributed by atoms with Crippen molar-refractivity contribution in [3.8, 4) is 11.5 Å². The van der Waals surface area contributed by atoms with Crippen molar-refractivity contribution < 1.29 is 42.9 Å². The first-order valence-corrected chi connectivity index (χ1v) is 11.0. The van der Waals surface area contributed by atoms with E-state index >= 15 is 0 Å². The van der Waals surface area contributed by atoms with Gasteiger partial charge >= 0.3 is 12.1 Å². The van der Waals surface area contributed by atoms with Gasteiger partial charge in [0.1, 0.15) is 21.8 Å². The number of phenolic OH excluding ortho intramolecular Hbond substituents is 2. The Morgan fingerprint density at radius 2 is 2.00 bits per heavy atom. The lowest BCUT2D eigenvalue weighted by Crippen LogP contribution is -2.58. The first-order chi connectivity index (χ1) is 14.4. The smallest absolute Gasteiger partial charge is 0.407 e. The van der Waals surface area contributed by atoms with E-state index in [1.54, 1.807) is 0 Å². The lowest BCUT2D eigenvalue weighted by molar-refractivity contribution is -0.158. The standard InChI is InChI=1S/C17H20ClN3O9S/c1-17(14(15(25)26)21-10(23)6-11(21)31(17,28)29)7-30-16(27)20-5-4-19-8-2-3-9(22)13(24)12(8)18/h2-3,11,14,19,22,24H,4-7H2,1H3,(H,20,27)(H,25,26)/t11-,14+,17+/m1/s1. The number of rotatable bonds is 7. The van der Waals surface area contributed by atoms with E-state index in [0.29, 0.717) is 5.69 Å². The van der Waals surface area contributed by atoms with Gasteiger partial charge < -0.3 is 35.6 Å². The van der Waals surface area contributed by atoms with Crippen LogP contribution in [-0.2, 0) is 24.2 Å². The molecule has 1 aromatic rings. The summed E-state index contributed by atoms with van der Waals surface area (Å²) in [6, 6.07) is 0.988. The lowest BCUT2D eigenvalue weighted by atomic mass is 9.97. The lowest BCUT2D eigenvalue weighted by Gasteiger charge is -2.35. The molecular weight excluding hydrogens is 458 g/mol. The van der Waals surface area contributed by atoms with Crippen LogP contribution in [0.4, 0.5) is 10.5 Å². The topological polar surface area (TPSA) is 183 Å². The number of halogens is 1. The molecule has 2 fully saturated rings. The van der Waals surface area contributed by atoms with Crippen LogP contribution in [0.15, 0.2) is 12.1 Å². The number of phenols is 2. The molecule has 5 N–H and O–H groups in total. The number of amides is 2. The molecule has 0 spiro atoms. The summed E-state index contributed by atoms with van der Waals surface area (Å²) in [5, 5.41) is 32.2. The Balaban J connectivity index is 1.55. The van der Waals surface area contributed by atoms with Gasteiger partial charge in [0.25, 0.3) is 0 Å². The van der Waals surface area contributed by atoms with Gasteiger partial charge in [0.05, 0.1) is 12.1 Å². The highest BCUT2D eigenvalue weighted by molar-refractivity contribution is 7.94. The maximum Gasteiger partial charge on any atom is 0.407 e. The number of hydrogen-bond donors (Lipinski definition) is 5. The molecular formula is C17H20ClN3O9S. The number of carbonyl (C=O) groups is 3. The van der Waals surface area contributed by atoms with Gasteiger partial charge in [-0.25, -0.2) is 18.0 Å². The molecule has 2 amide bonds. The Morgan fingerprint density at radius 1 is 1.32 bits per heavy atom. The molecule has 2 aliphatic rings.